The molecule has 0 bridgehead atoms. The van der Waals surface area contributed by atoms with Gasteiger partial charge < -0.3 is 95.5 Å². The zero-order chi connectivity index (χ0) is 39.3. The molecule has 0 aromatic rings. The van der Waals surface area contributed by atoms with E-state index in [9.17, 15) is 55.5 Å². The summed E-state index contributed by atoms with van der Waals surface area (Å²) in [6.45, 7) is 3.86. The van der Waals surface area contributed by atoms with E-state index in [1.807, 2.05) is 0 Å². The Morgan fingerprint density at radius 3 is 1.91 bits per heavy atom. The second kappa shape index (κ2) is 19.4. The molecule has 13 N–H and O–H groups in total. The number of aliphatic hydroxyl groups is 9. The van der Waals surface area contributed by atoms with Crippen LogP contribution in [0.3, 0.4) is 0 Å². The molecule has 0 aliphatic carbocycles. The minimum Gasteiger partial charge on any atom is -0.394 e. The summed E-state index contributed by atoms with van der Waals surface area (Å²) in [5.41, 5.74) is 5.46. The summed E-state index contributed by atoms with van der Waals surface area (Å²) in [7, 11) is 0. The van der Waals surface area contributed by atoms with Crippen molar-refractivity contribution in [2.45, 2.75) is 144 Å². The van der Waals surface area contributed by atoms with Crippen LogP contribution in [0.25, 0.3) is 0 Å². The van der Waals surface area contributed by atoms with Gasteiger partial charge in [0.25, 0.3) is 0 Å². The highest BCUT2D eigenvalue weighted by Gasteiger charge is 2.55. The first kappa shape index (κ1) is 44.0. The highest BCUT2D eigenvalue weighted by molar-refractivity contribution is 5.77. The quantitative estimate of drug-likeness (QED) is 0.0781. The predicted octanol–water partition coefficient (Wildman–Crippen LogP) is -6.51. The third-order valence-electron chi connectivity index (χ3n) is 10.3. The second-order valence-corrected chi connectivity index (χ2v) is 14.1. The van der Waals surface area contributed by atoms with Crippen molar-refractivity contribution in [3.8, 4) is 0 Å². The fourth-order valence-electron chi connectivity index (χ4n) is 7.12. The Balaban J connectivity index is 1.74. The molecule has 4 fully saturated rings. The maximum atomic E-state index is 12.7. The lowest BCUT2D eigenvalue weighted by Gasteiger charge is -2.51. The monoisotopic (exact) mass is 771 g/mol. The number of nitrogens with one attached hydrogen (secondary N) is 2. The molecule has 0 spiro atoms. The molecule has 308 valence electrons. The molecule has 21 heteroatoms. The number of nitrogens with two attached hydrogens (primary N) is 1. The van der Waals surface area contributed by atoms with Crippen LogP contribution in [-0.4, -0.2) is 201 Å². The standard InChI is InChI=1S/C32H57N3O18/c1-11-21(40)12(2)49-32(22(11)41)52-28-18(9-37)51-31(47-10-19(39)34-6-5-33)20(35-14(4)38)29(28)53-30-15(24(43)26(45)17(8-36)50-30)7-16-25(44)27(46)23(42)13(3)48-16/h11-13,15-18,20-32,36-37,40-46H,5-10,33H2,1-4H3,(H,34,39)(H,35,38). The Hall–Kier alpha value is -1.74. The van der Waals surface area contributed by atoms with Gasteiger partial charge in [0.1, 0.15) is 67.6 Å². The van der Waals surface area contributed by atoms with Gasteiger partial charge in [-0.2, -0.15) is 0 Å². The lowest BCUT2D eigenvalue weighted by Crippen LogP contribution is -2.69. The van der Waals surface area contributed by atoms with E-state index >= 15 is 0 Å². The summed E-state index contributed by atoms with van der Waals surface area (Å²) in [5.74, 6) is -3.28. The maximum absolute atomic E-state index is 12.7. The summed E-state index contributed by atoms with van der Waals surface area (Å²) >= 11 is 0. The molecule has 4 aliphatic rings. The average molecular weight is 772 g/mol. The van der Waals surface area contributed by atoms with Crippen molar-refractivity contribution in [2.24, 2.45) is 17.6 Å². The van der Waals surface area contributed by atoms with Gasteiger partial charge in [-0.3, -0.25) is 9.59 Å². The molecule has 0 aromatic carbocycles. The molecule has 0 saturated carbocycles. The van der Waals surface area contributed by atoms with Gasteiger partial charge in [0.2, 0.25) is 11.8 Å². The molecule has 4 saturated heterocycles. The molecular formula is C32H57N3O18. The summed E-state index contributed by atoms with van der Waals surface area (Å²) in [6.07, 6.45) is -24.3. The molecule has 2 amide bonds. The van der Waals surface area contributed by atoms with Crippen LogP contribution in [0.5, 0.6) is 0 Å². The Bertz CT molecular complexity index is 1180. The number of hydrogen-bond acceptors (Lipinski definition) is 19. The van der Waals surface area contributed by atoms with Crippen LogP contribution in [0.1, 0.15) is 34.1 Å². The van der Waals surface area contributed by atoms with E-state index in [0.717, 1.165) is 0 Å². The van der Waals surface area contributed by atoms with Crippen molar-refractivity contribution in [3.63, 3.8) is 0 Å². The zero-order valence-corrected chi connectivity index (χ0v) is 30.1. The van der Waals surface area contributed by atoms with Gasteiger partial charge >= 0.3 is 0 Å². The smallest absolute Gasteiger partial charge is 0.246 e. The Morgan fingerprint density at radius 2 is 1.28 bits per heavy atom. The SMILES string of the molecule is CC(=O)NC1C(OCC(=O)NCCN)OC(CO)C(OC2OC(C)C(O)C(C)C2O)C1OC1OC(CO)C(O)C(O)C1CC1OC(C)C(O)C(O)C1O. The van der Waals surface area contributed by atoms with Gasteiger partial charge in [-0.05, 0) is 20.3 Å². The van der Waals surface area contributed by atoms with Crippen LogP contribution in [0.4, 0.5) is 0 Å². The fourth-order valence-corrected chi connectivity index (χ4v) is 7.12. The predicted molar refractivity (Wildman–Crippen MR) is 175 cm³/mol. The zero-order valence-electron chi connectivity index (χ0n) is 30.1. The third-order valence-corrected chi connectivity index (χ3v) is 10.3. The number of carbonyl (C=O) groups is 2. The van der Waals surface area contributed by atoms with E-state index in [1.54, 1.807) is 13.8 Å². The first-order chi connectivity index (χ1) is 25.0. The van der Waals surface area contributed by atoms with Gasteiger partial charge in [-0.25, -0.2) is 0 Å². The highest BCUT2D eigenvalue weighted by Crippen LogP contribution is 2.38. The Labute approximate surface area is 306 Å². The molecule has 20 unspecified atom stereocenters. The van der Waals surface area contributed by atoms with Crippen molar-refractivity contribution in [2.75, 3.05) is 32.9 Å². The van der Waals surface area contributed by atoms with E-state index in [1.165, 1.54) is 13.8 Å². The lowest BCUT2D eigenvalue weighted by molar-refractivity contribution is -0.368. The van der Waals surface area contributed by atoms with Gasteiger partial charge in [-0.1, -0.05) is 6.92 Å². The molecule has 4 heterocycles. The highest BCUT2D eigenvalue weighted by atomic mass is 16.8. The van der Waals surface area contributed by atoms with Gasteiger partial charge in [0, 0.05) is 31.8 Å². The van der Waals surface area contributed by atoms with Crippen molar-refractivity contribution in [1.82, 2.24) is 10.6 Å². The first-order valence-corrected chi connectivity index (χ1v) is 17.8. The van der Waals surface area contributed by atoms with Crippen LogP contribution in [0.15, 0.2) is 0 Å². The molecule has 0 radical (unpaired) electrons. The third kappa shape index (κ3) is 10.2. The average Bonchev–Trinajstić information content (AvgIpc) is 3.13. The Kier molecular flexibility index (Phi) is 16.1. The van der Waals surface area contributed by atoms with E-state index in [-0.39, 0.29) is 19.5 Å². The summed E-state index contributed by atoms with van der Waals surface area (Å²) in [4.78, 5) is 25.1. The molecule has 21 nitrogen and oxygen atoms in total. The summed E-state index contributed by atoms with van der Waals surface area (Å²) in [5, 5.41) is 101. The lowest BCUT2D eigenvalue weighted by atomic mass is 9.83. The van der Waals surface area contributed by atoms with E-state index in [0.29, 0.717) is 0 Å². The van der Waals surface area contributed by atoms with E-state index < -0.39 is 154 Å². The van der Waals surface area contributed by atoms with Crippen LogP contribution in [-0.2, 0) is 42.7 Å². The first-order valence-electron chi connectivity index (χ1n) is 17.8. The van der Waals surface area contributed by atoms with Gasteiger partial charge in [0.05, 0.1) is 43.7 Å². The fraction of sp³-hybridized carbons (Fsp3) is 0.938. The number of carbonyl (C=O) groups excluding carboxylic acids is 2. The minimum absolute atomic E-state index is 0.133. The van der Waals surface area contributed by atoms with Crippen LogP contribution in [0, 0.1) is 11.8 Å². The molecule has 4 aliphatic heterocycles. The van der Waals surface area contributed by atoms with Crippen LogP contribution < -0.4 is 16.4 Å². The number of hydrogen-bond donors (Lipinski definition) is 12. The van der Waals surface area contributed by atoms with Gasteiger partial charge in [-0.15, -0.1) is 0 Å². The number of rotatable bonds is 14. The van der Waals surface area contributed by atoms with E-state index in [2.05, 4.69) is 10.6 Å². The molecule has 4 rings (SSSR count). The summed E-state index contributed by atoms with van der Waals surface area (Å²) in [6, 6.07) is -1.39. The molecular weight excluding hydrogens is 714 g/mol. The van der Waals surface area contributed by atoms with E-state index in [4.69, 9.17) is 38.9 Å². The van der Waals surface area contributed by atoms with Crippen molar-refractivity contribution < 1.29 is 88.7 Å². The number of aliphatic hydroxyl groups excluding tert-OH is 9. The van der Waals surface area contributed by atoms with Crippen molar-refractivity contribution >= 4 is 11.8 Å². The van der Waals surface area contributed by atoms with Crippen LogP contribution >= 0.6 is 0 Å². The Morgan fingerprint density at radius 1 is 0.679 bits per heavy atom. The normalized spacial score (nSPS) is 46.5. The summed E-state index contributed by atoms with van der Waals surface area (Å²) < 4.78 is 42.0. The number of amides is 2. The molecule has 20 atom stereocenters. The van der Waals surface area contributed by atoms with Crippen LogP contribution in [0.2, 0.25) is 0 Å². The molecule has 53 heavy (non-hydrogen) atoms. The molecule has 0 aromatic heterocycles. The van der Waals surface area contributed by atoms with Crippen molar-refractivity contribution in [3.05, 3.63) is 0 Å². The largest absolute Gasteiger partial charge is 0.394 e. The van der Waals surface area contributed by atoms with Crippen molar-refractivity contribution in [1.29, 1.82) is 0 Å². The maximum Gasteiger partial charge on any atom is 0.246 e. The van der Waals surface area contributed by atoms with Gasteiger partial charge in [0.15, 0.2) is 18.9 Å². The topological polar surface area (TPSA) is 331 Å². The minimum atomic E-state index is -1.71. The number of ether oxygens (including phenoxy) is 7. The second-order valence-electron chi connectivity index (χ2n) is 14.1.